The fourth-order valence-electron chi connectivity index (χ4n) is 4.47. The van der Waals surface area contributed by atoms with Crippen LogP contribution in [0.1, 0.15) is 58.9 Å². The first-order valence-corrected chi connectivity index (χ1v) is 9.63. The molecule has 0 saturated carbocycles. The van der Waals surface area contributed by atoms with Crippen molar-refractivity contribution in [2.24, 2.45) is 0 Å². The summed E-state index contributed by atoms with van der Waals surface area (Å²) in [6.07, 6.45) is 4.23. The highest BCUT2D eigenvalue weighted by Gasteiger charge is 2.51. The molecule has 3 aliphatic rings. The van der Waals surface area contributed by atoms with E-state index in [1.807, 2.05) is 0 Å². The van der Waals surface area contributed by atoms with Gasteiger partial charge in [-0.2, -0.15) is 0 Å². The Bertz CT molecular complexity index is 600. The fraction of sp³-hybridized carbons (Fsp3) is 0.700. The van der Waals surface area contributed by atoms with Gasteiger partial charge < -0.3 is 14.4 Å². The Kier molecular flexibility index (Phi) is 4.27. The molecule has 1 N–H and O–H groups in total. The van der Waals surface area contributed by atoms with Crippen LogP contribution in [0.25, 0.3) is 0 Å². The Hall–Kier alpha value is -0.875. The maximum Gasteiger partial charge on any atom is 0.494 e. The second kappa shape index (κ2) is 6.09. The molecule has 2 unspecified atom stereocenters. The highest BCUT2D eigenvalue weighted by atomic mass is 16.7. The van der Waals surface area contributed by atoms with Crippen LogP contribution in [0.2, 0.25) is 0 Å². The Balaban J connectivity index is 1.43. The Labute approximate surface area is 151 Å². The Morgan fingerprint density at radius 3 is 2.04 bits per heavy atom. The highest BCUT2D eigenvalue weighted by molar-refractivity contribution is 6.62. The molecule has 0 aliphatic carbocycles. The predicted octanol–water partition coefficient (Wildman–Crippen LogP) is 2.47. The van der Waals surface area contributed by atoms with Gasteiger partial charge >= 0.3 is 7.12 Å². The summed E-state index contributed by atoms with van der Waals surface area (Å²) in [5.74, 6) is 0. The molecule has 3 heterocycles. The number of benzene rings is 1. The van der Waals surface area contributed by atoms with Crippen LogP contribution < -0.4 is 5.46 Å². The third-order valence-corrected chi connectivity index (χ3v) is 6.73. The lowest BCUT2D eigenvalue weighted by molar-refractivity contribution is 0.00578. The van der Waals surface area contributed by atoms with E-state index in [2.05, 4.69) is 56.9 Å². The van der Waals surface area contributed by atoms with E-state index in [0.717, 1.165) is 24.8 Å². The zero-order valence-corrected chi connectivity index (χ0v) is 15.9. The van der Waals surface area contributed by atoms with Crippen LogP contribution in [0.3, 0.4) is 0 Å². The van der Waals surface area contributed by atoms with Gasteiger partial charge in [-0.15, -0.1) is 0 Å². The van der Waals surface area contributed by atoms with E-state index < -0.39 is 0 Å². The first kappa shape index (κ1) is 17.5. The third-order valence-electron chi connectivity index (χ3n) is 6.73. The number of piperidine rings is 1. The average molecular weight is 343 g/mol. The summed E-state index contributed by atoms with van der Waals surface area (Å²) in [7, 11) is -0.291. The third kappa shape index (κ3) is 3.16. The molecule has 3 saturated heterocycles. The minimum absolute atomic E-state index is 0.0977. The molecule has 0 amide bonds. The number of hydrogen-bond acceptors (Lipinski definition) is 4. The average Bonchev–Trinajstić information content (AvgIpc) is 2.89. The van der Waals surface area contributed by atoms with Gasteiger partial charge in [0.1, 0.15) is 0 Å². The van der Waals surface area contributed by atoms with Gasteiger partial charge in [-0.3, -0.25) is 4.90 Å². The first-order chi connectivity index (χ1) is 11.7. The number of nitrogens with zero attached hydrogens (tertiary/aromatic N) is 1. The van der Waals surface area contributed by atoms with Gasteiger partial charge in [-0.1, -0.05) is 24.3 Å². The fourth-order valence-corrected chi connectivity index (χ4v) is 4.47. The second-order valence-corrected chi connectivity index (χ2v) is 9.01. The van der Waals surface area contributed by atoms with Gasteiger partial charge in [0.15, 0.2) is 0 Å². The van der Waals surface area contributed by atoms with Crippen molar-refractivity contribution in [2.75, 3.05) is 0 Å². The van der Waals surface area contributed by atoms with Crippen LogP contribution in [-0.4, -0.2) is 46.5 Å². The van der Waals surface area contributed by atoms with Crippen LogP contribution in [0.5, 0.6) is 0 Å². The minimum Gasteiger partial charge on any atom is -0.399 e. The van der Waals surface area contributed by atoms with Gasteiger partial charge in [-0.25, -0.2) is 0 Å². The van der Waals surface area contributed by atoms with Gasteiger partial charge in [-0.05, 0) is 64.4 Å². The first-order valence-electron chi connectivity index (χ1n) is 9.63. The van der Waals surface area contributed by atoms with Gasteiger partial charge in [0.2, 0.25) is 0 Å². The molecule has 3 aliphatic heterocycles. The van der Waals surface area contributed by atoms with Crippen molar-refractivity contribution in [3.05, 3.63) is 29.8 Å². The maximum atomic E-state index is 9.96. The summed E-state index contributed by atoms with van der Waals surface area (Å²) in [6.45, 7) is 9.32. The number of aliphatic hydroxyl groups is 1. The summed E-state index contributed by atoms with van der Waals surface area (Å²) in [4.78, 5) is 2.59. The van der Waals surface area contributed by atoms with E-state index in [1.54, 1.807) is 0 Å². The molecule has 0 spiro atoms. The molecule has 4 rings (SSSR count). The van der Waals surface area contributed by atoms with Crippen molar-refractivity contribution in [3.8, 4) is 0 Å². The van der Waals surface area contributed by atoms with E-state index in [0.29, 0.717) is 12.1 Å². The van der Waals surface area contributed by atoms with E-state index in [-0.39, 0.29) is 24.4 Å². The van der Waals surface area contributed by atoms with Crippen LogP contribution in [0.15, 0.2) is 24.3 Å². The van der Waals surface area contributed by atoms with Gasteiger partial charge in [0.25, 0.3) is 0 Å². The van der Waals surface area contributed by atoms with Gasteiger partial charge in [0, 0.05) is 18.6 Å². The molecule has 0 radical (unpaired) electrons. The molecule has 1 aromatic rings. The van der Waals surface area contributed by atoms with Gasteiger partial charge in [0.05, 0.1) is 17.3 Å². The summed E-state index contributed by atoms with van der Waals surface area (Å²) >= 11 is 0. The molecule has 1 aromatic carbocycles. The van der Waals surface area contributed by atoms with Crippen molar-refractivity contribution >= 4 is 12.6 Å². The molecule has 5 heteroatoms. The molecule has 136 valence electrons. The van der Waals surface area contributed by atoms with Crippen molar-refractivity contribution in [2.45, 2.75) is 89.3 Å². The zero-order valence-electron chi connectivity index (χ0n) is 15.9. The van der Waals surface area contributed by atoms with Crippen LogP contribution in [-0.2, 0) is 15.9 Å². The second-order valence-electron chi connectivity index (χ2n) is 9.01. The lowest BCUT2D eigenvalue weighted by Gasteiger charge is -2.37. The van der Waals surface area contributed by atoms with Crippen molar-refractivity contribution in [1.29, 1.82) is 0 Å². The van der Waals surface area contributed by atoms with E-state index >= 15 is 0 Å². The summed E-state index contributed by atoms with van der Waals surface area (Å²) < 4.78 is 12.3. The molecule has 3 fully saturated rings. The van der Waals surface area contributed by atoms with E-state index in [9.17, 15) is 5.11 Å². The molecule has 25 heavy (non-hydrogen) atoms. The van der Waals surface area contributed by atoms with Crippen molar-refractivity contribution in [3.63, 3.8) is 0 Å². The number of rotatable bonds is 3. The monoisotopic (exact) mass is 343 g/mol. The molecule has 2 atom stereocenters. The van der Waals surface area contributed by atoms with Crippen LogP contribution in [0, 0.1) is 0 Å². The highest BCUT2D eigenvalue weighted by Crippen LogP contribution is 2.37. The molecule has 0 aromatic heterocycles. The van der Waals surface area contributed by atoms with Crippen molar-refractivity contribution < 1.29 is 14.4 Å². The van der Waals surface area contributed by atoms with Crippen LogP contribution >= 0.6 is 0 Å². The largest absolute Gasteiger partial charge is 0.494 e. The summed E-state index contributed by atoms with van der Waals surface area (Å²) in [5.41, 5.74) is 1.81. The smallest absolute Gasteiger partial charge is 0.399 e. The lowest BCUT2D eigenvalue weighted by atomic mass is 9.79. The maximum absolute atomic E-state index is 9.96. The predicted molar refractivity (Wildman–Crippen MR) is 99.8 cm³/mol. The lowest BCUT2D eigenvalue weighted by Crippen LogP contribution is -2.44. The van der Waals surface area contributed by atoms with E-state index in [1.165, 1.54) is 18.4 Å². The quantitative estimate of drug-likeness (QED) is 0.857. The van der Waals surface area contributed by atoms with Crippen LogP contribution in [0.4, 0.5) is 0 Å². The normalized spacial score (nSPS) is 33.8. The zero-order chi connectivity index (χ0) is 17.8. The Morgan fingerprint density at radius 1 is 1.00 bits per heavy atom. The topological polar surface area (TPSA) is 41.9 Å². The molecular formula is C20H30BNO3. The summed E-state index contributed by atoms with van der Waals surface area (Å²) in [5, 5.41) is 9.96. The molecule has 4 nitrogen and oxygen atoms in total. The minimum atomic E-state index is -0.301. The standard InChI is InChI=1S/C20H30BNO3/c1-19(2)20(3,4)25-21(24-19)15-7-5-14(6-8-15)13-22-16-9-10-17(22)12-18(23)11-16/h5-8,16-18,23H,9-13H2,1-4H3. The SMILES string of the molecule is CC1(C)OB(c2ccc(CN3C4CCC3CC(O)C4)cc2)OC1(C)C. The molecule has 2 bridgehead atoms. The number of hydrogen-bond donors (Lipinski definition) is 1. The van der Waals surface area contributed by atoms with E-state index in [4.69, 9.17) is 9.31 Å². The Morgan fingerprint density at radius 2 is 1.52 bits per heavy atom. The number of fused-ring (bicyclic) bond motifs is 2. The molecular weight excluding hydrogens is 313 g/mol. The van der Waals surface area contributed by atoms with Crippen molar-refractivity contribution in [1.82, 2.24) is 4.90 Å². The summed E-state index contributed by atoms with van der Waals surface area (Å²) in [6, 6.07) is 9.78. The number of aliphatic hydroxyl groups excluding tert-OH is 1.